The van der Waals surface area contributed by atoms with Gasteiger partial charge in [-0.2, -0.15) is 0 Å². The third-order valence-corrected chi connectivity index (χ3v) is 6.76. The van der Waals surface area contributed by atoms with E-state index in [0.717, 1.165) is 39.3 Å². The summed E-state index contributed by atoms with van der Waals surface area (Å²) in [7, 11) is 0. The van der Waals surface area contributed by atoms with Crippen LogP contribution in [0.5, 0.6) is 0 Å². The highest BCUT2D eigenvalue weighted by Crippen LogP contribution is 2.38. The molecule has 1 unspecified atom stereocenters. The van der Waals surface area contributed by atoms with Gasteiger partial charge in [-0.15, -0.1) is 11.3 Å². The van der Waals surface area contributed by atoms with Crippen molar-refractivity contribution in [2.45, 2.75) is 32.7 Å². The van der Waals surface area contributed by atoms with Crippen LogP contribution in [0.1, 0.15) is 30.9 Å². The first-order chi connectivity index (χ1) is 13.3. The number of rotatable bonds is 8. The Hall–Kier alpha value is -1.75. The second-order valence-electron chi connectivity index (χ2n) is 7.72. The predicted octanol–water partition coefficient (Wildman–Crippen LogP) is 5.16. The first-order valence-corrected chi connectivity index (χ1v) is 10.8. The fourth-order valence-electron chi connectivity index (χ4n) is 4.25. The molecule has 0 bridgehead atoms. The van der Waals surface area contributed by atoms with Crippen LogP contribution >= 0.6 is 11.3 Å². The molecule has 1 aliphatic heterocycles. The molecule has 4 rings (SSSR count). The number of aromatic nitrogens is 1. The summed E-state index contributed by atoms with van der Waals surface area (Å²) in [6.07, 6.45) is 7.38. The van der Waals surface area contributed by atoms with Gasteiger partial charge in [0, 0.05) is 42.2 Å². The molecule has 27 heavy (non-hydrogen) atoms. The summed E-state index contributed by atoms with van der Waals surface area (Å²) >= 11 is 1.87. The average Bonchev–Trinajstić information content (AvgIpc) is 3.30. The van der Waals surface area contributed by atoms with Gasteiger partial charge in [-0.25, -0.2) is 0 Å². The molecule has 2 aromatic heterocycles. The fourth-order valence-corrected chi connectivity index (χ4v) is 5.25. The van der Waals surface area contributed by atoms with Crippen molar-refractivity contribution in [2.24, 2.45) is 5.41 Å². The summed E-state index contributed by atoms with van der Waals surface area (Å²) in [6.45, 7) is 7.02. The second-order valence-corrected chi connectivity index (χ2v) is 8.63. The molecule has 0 amide bonds. The van der Waals surface area contributed by atoms with E-state index >= 15 is 0 Å². The lowest BCUT2D eigenvalue weighted by Gasteiger charge is -2.29. The number of pyridine rings is 1. The highest BCUT2D eigenvalue weighted by Gasteiger charge is 2.38. The topological polar surface area (TPSA) is 25.4 Å². The lowest BCUT2D eigenvalue weighted by atomic mass is 9.82. The molecule has 1 saturated heterocycles. The molecule has 0 saturated carbocycles. The molecule has 0 N–H and O–H groups in total. The van der Waals surface area contributed by atoms with Crippen molar-refractivity contribution < 1.29 is 4.74 Å². The summed E-state index contributed by atoms with van der Waals surface area (Å²) in [4.78, 5) is 6.83. The molecule has 3 aromatic rings. The zero-order valence-electron chi connectivity index (χ0n) is 16.1. The molecule has 3 heterocycles. The minimum Gasteiger partial charge on any atom is -0.381 e. The summed E-state index contributed by atoms with van der Waals surface area (Å²) in [5.74, 6) is 0. The first kappa shape index (κ1) is 18.6. The van der Waals surface area contributed by atoms with Crippen LogP contribution in [0, 0.1) is 5.41 Å². The monoisotopic (exact) mass is 380 g/mol. The molecular weight excluding hydrogens is 352 g/mol. The maximum atomic E-state index is 5.94. The van der Waals surface area contributed by atoms with Gasteiger partial charge >= 0.3 is 0 Å². The van der Waals surface area contributed by atoms with Gasteiger partial charge in [0.2, 0.25) is 0 Å². The van der Waals surface area contributed by atoms with E-state index < -0.39 is 0 Å². The molecule has 3 nitrogen and oxygen atoms in total. The number of thiophene rings is 1. The Morgan fingerprint density at radius 1 is 1.22 bits per heavy atom. The molecule has 142 valence electrons. The van der Waals surface area contributed by atoms with Crippen molar-refractivity contribution in [1.29, 1.82) is 0 Å². The van der Waals surface area contributed by atoms with Crippen LogP contribution in [0.4, 0.5) is 0 Å². The number of benzene rings is 1. The van der Waals surface area contributed by atoms with Gasteiger partial charge in [0.25, 0.3) is 0 Å². The predicted molar refractivity (Wildman–Crippen MR) is 113 cm³/mol. The SMILES string of the molecule is CCOCC1(CCc2csc3ccccc23)CCN(Cc2cccnc2)C1. The van der Waals surface area contributed by atoms with E-state index in [9.17, 15) is 0 Å². The maximum Gasteiger partial charge on any atom is 0.0535 e. The van der Waals surface area contributed by atoms with Crippen LogP contribution in [0.15, 0.2) is 54.2 Å². The number of ether oxygens (including phenoxy) is 1. The summed E-state index contributed by atoms with van der Waals surface area (Å²) < 4.78 is 7.34. The summed E-state index contributed by atoms with van der Waals surface area (Å²) in [5.41, 5.74) is 3.06. The van der Waals surface area contributed by atoms with Crippen molar-refractivity contribution in [1.82, 2.24) is 9.88 Å². The van der Waals surface area contributed by atoms with Crippen LogP contribution < -0.4 is 0 Å². The Morgan fingerprint density at radius 3 is 3.00 bits per heavy atom. The number of hydrogen-bond donors (Lipinski definition) is 0. The number of nitrogens with zero attached hydrogens (tertiary/aromatic N) is 2. The van der Waals surface area contributed by atoms with Gasteiger partial charge in [0.05, 0.1) is 6.61 Å². The fraction of sp³-hybridized carbons (Fsp3) is 0.435. The van der Waals surface area contributed by atoms with E-state index in [1.54, 1.807) is 0 Å². The van der Waals surface area contributed by atoms with E-state index in [1.807, 2.05) is 29.8 Å². The molecule has 0 radical (unpaired) electrons. The molecule has 0 spiro atoms. The zero-order chi connectivity index (χ0) is 18.5. The zero-order valence-corrected chi connectivity index (χ0v) is 16.9. The van der Waals surface area contributed by atoms with E-state index in [-0.39, 0.29) is 5.41 Å². The van der Waals surface area contributed by atoms with Gasteiger partial charge in [0.15, 0.2) is 0 Å². The molecule has 1 aromatic carbocycles. The molecule has 4 heteroatoms. The highest BCUT2D eigenvalue weighted by molar-refractivity contribution is 7.17. The number of aryl methyl sites for hydroxylation is 1. The van der Waals surface area contributed by atoms with Gasteiger partial charge in [-0.05, 0) is 66.8 Å². The highest BCUT2D eigenvalue weighted by atomic mass is 32.1. The van der Waals surface area contributed by atoms with Gasteiger partial charge in [0.1, 0.15) is 0 Å². The maximum absolute atomic E-state index is 5.94. The van der Waals surface area contributed by atoms with Crippen LogP contribution in [0.25, 0.3) is 10.1 Å². The number of likely N-dealkylation sites (tertiary alicyclic amines) is 1. The van der Waals surface area contributed by atoms with Crippen LogP contribution in [-0.4, -0.2) is 36.2 Å². The van der Waals surface area contributed by atoms with Crippen molar-refractivity contribution >= 4 is 21.4 Å². The van der Waals surface area contributed by atoms with E-state index in [4.69, 9.17) is 4.74 Å². The number of hydrogen-bond acceptors (Lipinski definition) is 4. The normalized spacial score (nSPS) is 20.5. The molecule has 0 aliphatic carbocycles. The largest absolute Gasteiger partial charge is 0.381 e. The summed E-state index contributed by atoms with van der Waals surface area (Å²) in [5, 5.41) is 3.78. The molecule has 1 atom stereocenters. The van der Waals surface area contributed by atoms with Crippen molar-refractivity contribution in [3.8, 4) is 0 Å². The second kappa shape index (κ2) is 8.51. The van der Waals surface area contributed by atoms with Gasteiger partial charge in [-0.3, -0.25) is 9.88 Å². The average molecular weight is 381 g/mol. The standard InChI is InChI=1S/C23H28N2OS/c1-2-26-18-23(10-9-20-16-27-22-8-4-3-7-21(20)22)11-13-25(17-23)15-19-6-5-12-24-14-19/h3-8,12,14,16H,2,9-11,13,15,17-18H2,1H3. The third kappa shape index (κ3) is 4.40. The Labute approximate surface area is 166 Å². The Balaban J connectivity index is 1.44. The first-order valence-electron chi connectivity index (χ1n) is 9.92. The minimum absolute atomic E-state index is 0.265. The van der Waals surface area contributed by atoms with Crippen molar-refractivity contribution in [3.05, 3.63) is 65.3 Å². The summed E-state index contributed by atoms with van der Waals surface area (Å²) in [6, 6.07) is 13.0. The van der Waals surface area contributed by atoms with Crippen molar-refractivity contribution in [2.75, 3.05) is 26.3 Å². The third-order valence-electron chi connectivity index (χ3n) is 5.74. The van der Waals surface area contributed by atoms with Crippen molar-refractivity contribution in [3.63, 3.8) is 0 Å². The number of fused-ring (bicyclic) bond motifs is 1. The van der Waals surface area contributed by atoms with E-state index in [1.165, 1.54) is 34.1 Å². The molecule has 1 fully saturated rings. The lowest BCUT2D eigenvalue weighted by Crippen LogP contribution is -2.32. The van der Waals surface area contributed by atoms with Gasteiger partial charge in [-0.1, -0.05) is 24.3 Å². The van der Waals surface area contributed by atoms with E-state index in [0.29, 0.717) is 0 Å². The lowest BCUT2D eigenvalue weighted by molar-refractivity contribution is 0.0490. The molecule has 1 aliphatic rings. The van der Waals surface area contributed by atoms with Crippen LogP contribution in [0.3, 0.4) is 0 Å². The molecular formula is C23H28N2OS. The Kier molecular flexibility index (Phi) is 5.86. The van der Waals surface area contributed by atoms with Gasteiger partial charge < -0.3 is 4.74 Å². The minimum atomic E-state index is 0.265. The quantitative estimate of drug-likeness (QED) is 0.540. The smallest absolute Gasteiger partial charge is 0.0535 e. The Morgan fingerprint density at radius 2 is 2.15 bits per heavy atom. The van der Waals surface area contributed by atoms with Crippen LogP contribution in [-0.2, 0) is 17.7 Å². The Bertz CT molecular complexity index is 863. The van der Waals surface area contributed by atoms with E-state index in [2.05, 4.69) is 52.5 Å². The van der Waals surface area contributed by atoms with Crippen LogP contribution in [0.2, 0.25) is 0 Å².